The summed E-state index contributed by atoms with van der Waals surface area (Å²) in [6, 6.07) is 0. The quantitative estimate of drug-likeness (QED) is 0.255. The van der Waals surface area contributed by atoms with Crippen LogP contribution in [0.5, 0.6) is 0 Å². The van der Waals surface area contributed by atoms with E-state index in [0.717, 1.165) is 44.9 Å². The molecule has 2 amide bonds. The first kappa shape index (κ1) is 23.0. The van der Waals surface area contributed by atoms with Gasteiger partial charge in [-0.2, -0.15) is 0 Å². The number of methoxy groups -OCH3 is 2. The Labute approximate surface area is 168 Å². The van der Waals surface area contributed by atoms with Gasteiger partial charge in [-0.1, -0.05) is 0 Å². The summed E-state index contributed by atoms with van der Waals surface area (Å²) in [4.78, 5) is 24.8. The van der Waals surface area contributed by atoms with Crippen LogP contribution in [0.2, 0.25) is 0 Å². The largest absolute Gasteiger partial charge is 0.385 e. The van der Waals surface area contributed by atoms with Crippen molar-refractivity contribution >= 4 is 11.8 Å². The van der Waals surface area contributed by atoms with Crippen LogP contribution in [0.4, 0.5) is 0 Å². The van der Waals surface area contributed by atoms with Gasteiger partial charge in [-0.25, -0.2) is 0 Å². The molecule has 0 aromatic rings. The first-order valence-electron chi connectivity index (χ1n) is 10.4. The van der Waals surface area contributed by atoms with Gasteiger partial charge >= 0.3 is 0 Å². The molecular formula is C21H35NO6. The van der Waals surface area contributed by atoms with Gasteiger partial charge in [0, 0.05) is 52.6 Å². The van der Waals surface area contributed by atoms with Crippen LogP contribution in [0.25, 0.3) is 0 Å². The Bertz CT molecular complexity index is 471. The molecule has 0 N–H and O–H groups in total. The molecule has 2 aliphatic rings. The highest BCUT2D eigenvalue weighted by molar-refractivity contribution is 6.12. The molecule has 1 saturated carbocycles. The van der Waals surface area contributed by atoms with Crippen LogP contribution in [-0.2, 0) is 28.5 Å². The zero-order chi connectivity index (χ0) is 20.2. The fraction of sp³-hybridized carbons (Fsp3) is 0.810. The lowest BCUT2D eigenvalue weighted by Crippen LogP contribution is -2.36. The molecule has 0 aromatic carbocycles. The Morgan fingerprint density at radius 2 is 1.36 bits per heavy atom. The van der Waals surface area contributed by atoms with E-state index in [-0.39, 0.29) is 18.1 Å². The minimum atomic E-state index is -0.193. The van der Waals surface area contributed by atoms with Crippen molar-refractivity contribution in [2.75, 3.05) is 47.2 Å². The summed E-state index contributed by atoms with van der Waals surface area (Å²) in [7, 11) is 3.38. The second-order valence-corrected chi connectivity index (χ2v) is 7.61. The highest BCUT2D eigenvalue weighted by atomic mass is 16.7. The normalized spacial score (nSPS) is 22.6. The molecule has 0 atom stereocenters. The van der Waals surface area contributed by atoms with Crippen molar-refractivity contribution in [2.45, 2.75) is 51.2 Å². The van der Waals surface area contributed by atoms with Gasteiger partial charge in [-0.3, -0.25) is 14.5 Å². The van der Waals surface area contributed by atoms with Gasteiger partial charge in [0.05, 0.1) is 13.2 Å². The molecule has 28 heavy (non-hydrogen) atoms. The van der Waals surface area contributed by atoms with E-state index in [0.29, 0.717) is 44.8 Å². The Balaban J connectivity index is 1.71. The molecule has 0 unspecified atom stereocenters. The third kappa shape index (κ3) is 7.99. The summed E-state index contributed by atoms with van der Waals surface area (Å²) in [5.41, 5.74) is 0. The molecule has 1 heterocycles. The Morgan fingerprint density at radius 3 is 1.86 bits per heavy atom. The van der Waals surface area contributed by atoms with E-state index in [9.17, 15) is 9.59 Å². The molecule has 1 fully saturated rings. The first-order chi connectivity index (χ1) is 13.6. The van der Waals surface area contributed by atoms with E-state index in [1.165, 1.54) is 17.1 Å². The van der Waals surface area contributed by atoms with Crippen molar-refractivity contribution in [1.29, 1.82) is 0 Å². The minimum absolute atomic E-state index is 0.180. The zero-order valence-electron chi connectivity index (χ0n) is 17.3. The lowest BCUT2D eigenvalue weighted by Gasteiger charge is -2.32. The van der Waals surface area contributed by atoms with Crippen LogP contribution >= 0.6 is 0 Å². The lowest BCUT2D eigenvalue weighted by atomic mass is 9.80. The molecule has 0 saturated heterocycles. The van der Waals surface area contributed by atoms with E-state index in [4.69, 9.17) is 18.9 Å². The predicted molar refractivity (Wildman–Crippen MR) is 105 cm³/mol. The average molecular weight is 398 g/mol. The maximum Gasteiger partial charge on any atom is 0.253 e. The topological polar surface area (TPSA) is 74.3 Å². The Kier molecular flexibility index (Phi) is 10.7. The molecule has 7 heteroatoms. The van der Waals surface area contributed by atoms with Crippen molar-refractivity contribution in [2.24, 2.45) is 11.8 Å². The summed E-state index contributed by atoms with van der Waals surface area (Å²) in [6.07, 6.45) is 9.34. The molecular weight excluding hydrogens is 362 g/mol. The molecule has 0 bridgehead atoms. The third-order valence-corrected chi connectivity index (χ3v) is 5.43. The maximum atomic E-state index is 11.7. The van der Waals surface area contributed by atoms with Crippen LogP contribution in [0.1, 0.15) is 44.9 Å². The van der Waals surface area contributed by atoms with Gasteiger partial charge in [-0.15, -0.1) is 0 Å². The standard InChI is InChI=1S/C21H35NO6/c1-25-11-3-13-27-21(28-14-4-12-26-2)15-17-5-7-18(8-6-17)16-22-19(23)9-10-20(22)24/h9-10,17-18,21H,3-8,11-16H2,1-2H3. The molecule has 0 radical (unpaired) electrons. The van der Waals surface area contributed by atoms with Gasteiger partial charge < -0.3 is 18.9 Å². The van der Waals surface area contributed by atoms with Crippen molar-refractivity contribution in [3.05, 3.63) is 12.2 Å². The number of nitrogens with zero attached hydrogens (tertiary/aromatic N) is 1. The van der Waals surface area contributed by atoms with Crippen LogP contribution in [0.15, 0.2) is 12.2 Å². The average Bonchev–Trinajstić information content (AvgIpc) is 3.01. The number of rotatable bonds is 14. The number of hydrogen-bond acceptors (Lipinski definition) is 6. The second-order valence-electron chi connectivity index (χ2n) is 7.61. The Morgan fingerprint density at radius 1 is 0.857 bits per heavy atom. The summed E-state index contributed by atoms with van der Waals surface area (Å²) in [5.74, 6) is 0.587. The van der Waals surface area contributed by atoms with Crippen molar-refractivity contribution in [3.8, 4) is 0 Å². The molecule has 7 nitrogen and oxygen atoms in total. The highest BCUT2D eigenvalue weighted by Crippen LogP contribution is 2.33. The van der Waals surface area contributed by atoms with Gasteiger partial charge in [0.2, 0.25) is 0 Å². The molecule has 160 valence electrons. The molecule has 1 aliphatic carbocycles. The summed E-state index contributed by atoms with van der Waals surface area (Å²) >= 11 is 0. The zero-order valence-corrected chi connectivity index (χ0v) is 17.3. The number of carbonyl (C=O) groups is 2. The van der Waals surface area contributed by atoms with Crippen molar-refractivity contribution < 1.29 is 28.5 Å². The SMILES string of the molecule is COCCCOC(CC1CCC(CN2C(=O)C=CC2=O)CC1)OCCCOC. The van der Waals surface area contributed by atoms with Crippen LogP contribution in [0, 0.1) is 11.8 Å². The molecule has 1 aliphatic heterocycles. The van der Waals surface area contributed by atoms with Gasteiger partial charge in [0.1, 0.15) is 0 Å². The Hall–Kier alpha value is -1.28. The van der Waals surface area contributed by atoms with Crippen molar-refractivity contribution in [1.82, 2.24) is 4.90 Å². The monoisotopic (exact) mass is 397 g/mol. The van der Waals surface area contributed by atoms with E-state index in [2.05, 4.69) is 0 Å². The summed E-state index contributed by atoms with van der Waals surface area (Å²) < 4.78 is 22.0. The van der Waals surface area contributed by atoms with E-state index in [1.54, 1.807) is 14.2 Å². The minimum Gasteiger partial charge on any atom is -0.385 e. The molecule has 0 spiro atoms. The van der Waals surface area contributed by atoms with E-state index >= 15 is 0 Å². The second kappa shape index (κ2) is 13.0. The number of imide groups is 1. The van der Waals surface area contributed by atoms with Gasteiger partial charge in [0.25, 0.3) is 11.8 Å². The molecule has 0 aromatic heterocycles. The van der Waals surface area contributed by atoms with Crippen LogP contribution in [0.3, 0.4) is 0 Å². The van der Waals surface area contributed by atoms with E-state index < -0.39 is 0 Å². The van der Waals surface area contributed by atoms with Crippen LogP contribution in [-0.4, -0.2) is 70.2 Å². The summed E-state index contributed by atoms with van der Waals surface area (Å²) in [5, 5.41) is 0. The van der Waals surface area contributed by atoms with Gasteiger partial charge in [-0.05, 0) is 50.4 Å². The van der Waals surface area contributed by atoms with E-state index in [1.807, 2.05) is 0 Å². The number of carbonyl (C=O) groups excluding carboxylic acids is 2. The summed E-state index contributed by atoms with van der Waals surface area (Å²) in [6.45, 7) is 3.17. The van der Waals surface area contributed by atoms with Gasteiger partial charge in [0.15, 0.2) is 6.29 Å². The number of ether oxygens (including phenoxy) is 4. The van der Waals surface area contributed by atoms with Crippen LogP contribution < -0.4 is 0 Å². The fourth-order valence-corrected chi connectivity index (χ4v) is 3.81. The smallest absolute Gasteiger partial charge is 0.253 e. The third-order valence-electron chi connectivity index (χ3n) is 5.43. The predicted octanol–water partition coefficient (Wildman–Crippen LogP) is 2.54. The first-order valence-corrected chi connectivity index (χ1v) is 10.4. The lowest BCUT2D eigenvalue weighted by molar-refractivity contribution is -0.157. The maximum absolute atomic E-state index is 11.7. The van der Waals surface area contributed by atoms with Crippen molar-refractivity contribution in [3.63, 3.8) is 0 Å². The number of hydrogen-bond donors (Lipinski definition) is 0. The number of amides is 2. The molecule has 2 rings (SSSR count). The fourth-order valence-electron chi connectivity index (χ4n) is 3.81. The highest BCUT2D eigenvalue weighted by Gasteiger charge is 2.30.